The summed E-state index contributed by atoms with van der Waals surface area (Å²) in [6, 6.07) is 25.0. The fraction of sp³-hybridized carbons (Fsp3) is 0. The molecule has 0 unspecified atom stereocenters. The van der Waals surface area contributed by atoms with E-state index in [-0.39, 0.29) is 11.7 Å². The summed E-state index contributed by atoms with van der Waals surface area (Å²) in [6.07, 6.45) is 5.49. The lowest BCUT2D eigenvalue weighted by molar-refractivity contribution is 0.0996. The summed E-state index contributed by atoms with van der Waals surface area (Å²) < 4.78 is 1.85. The standard InChI is InChI=1S/C26H18N4O2/c31-24(19-7-2-1-3-8-19)21-9-4-5-10-22(21)25(32)28-20-13-11-18(12-14-20)23-17-30-16-6-15-27-26(30)29-23/h1-17H,(H,28,32). The van der Waals surface area contributed by atoms with Gasteiger partial charge in [-0.2, -0.15) is 0 Å². The third-order valence-electron chi connectivity index (χ3n) is 5.13. The summed E-state index contributed by atoms with van der Waals surface area (Å²) in [5, 5.41) is 2.88. The van der Waals surface area contributed by atoms with Crippen molar-refractivity contribution < 1.29 is 9.59 Å². The molecule has 0 aliphatic heterocycles. The van der Waals surface area contributed by atoms with Gasteiger partial charge in [-0.3, -0.25) is 14.0 Å². The van der Waals surface area contributed by atoms with Crippen molar-refractivity contribution in [1.29, 1.82) is 0 Å². The van der Waals surface area contributed by atoms with Gasteiger partial charge in [0.15, 0.2) is 5.78 Å². The van der Waals surface area contributed by atoms with E-state index < -0.39 is 0 Å². The fourth-order valence-electron chi connectivity index (χ4n) is 3.52. The van der Waals surface area contributed by atoms with E-state index in [0.717, 1.165) is 11.3 Å². The molecule has 0 spiro atoms. The van der Waals surface area contributed by atoms with Crippen LogP contribution in [-0.2, 0) is 0 Å². The Hall–Kier alpha value is -4.58. The van der Waals surface area contributed by atoms with E-state index in [0.29, 0.717) is 28.2 Å². The maximum Gasteiger partial charge on any atom is 0.256 e. The Bertz CT molecular complexity index is 1390. The Kier molecular flexibility index (Phi) is 5.01. The van der Waals surface area contributed by atoms with Crippen LogP contribution in [0.25, 0.3) is 17.0 Å². The average Bonchev–Trinajstić information content (AvgIpc) is 3.29. The van der Waals surface area contributed by atoms with Gasteiger partial charge in [0.2, 0.25) is 5.78 Å². The third-order valence-corrected chi connectivity index (χ3v) is 5.13. The van der Waals surface area contributed by atoms with Crippen LogP contribution in [0.2, 0.25) is 0 Å². The molecule has 2 aromatic heterocycles. The van der Waals surface area contributed by atoms with Crippen LogP contribution in [0.15, 0.2) is 104 Å². The number of hydrogen-bond acceptors (Lipinski definition) is 4. The van der Waals surface area contributed by atoms with Crippen molar-refractivity contribution in [2.24, 2.45) is 0 Å². The highest BCUT2D eigenvalue weighted by atomic mass is 16.2. The first-order valence-electron chi connectivity index (χ1n) is 10.1. The van der Waals surface area contributed by atoms with Gasteiger partial charge in [0.25, 0.3) is 5.91 Å². The van der Waals surface area contributed by atoms with E-state index in [1.165, 1.54) is 0 Å². The molecule has 0 atom stereocenters. The molecule has 0 saturated carbocycles. The van der Waals surface area contributed by atoms with Crippen molar-refractivity contribution >= 4 is 23.2 Å². The number of carbonyl (C=O) groups excluding carboxylic acids is 2. The van der Waals surface area contributed by atoms with Gasteiger partial charge in [-0.1, -0.05) is 60.7 Å². The molecule has 154 valence electrons. The lowest BCUT2D eigenvalue weighted by atomic mass is 9.98. The number of hydrogen-bond donors (Lipinski definition) is 1. The monoisotopic (exact) mass is 418 g/mol. The maximum absolute atomic E-state index is 13.0. The van der Waals surface area contributed by atoms with Crippen molar-refractivity contribution in [1.82, 2.24) is 14.4 Å². The molecule has 1 N–H and O–H groups in total. The van der Waals surface area contributed by atoms with E-state index >= 15 is 0 Å². The molecule has 6 heteroatoms. The second-order valence-corrected chi connectivity index (χ2v) is 7.23. The Labute approximate surface area is 184 Å². The molecule has 0 fully saturated rings. The second kappa shape index (κ2) is 8.28. The highest BCUT2D eigenvalue weighted by Gasteiger charge is 2.18. The zero-order chi connectivity index (χ0) is 21.9. The topological polar surface area (TPSA) is 76.4 Å². The molecule has 6 nitrogen and oxygen atoms in total. The van der Waals surface area contributed by atoms with Crippen molar-refractivity contribution in [3.8, 4) is 11.3 Å². The predicted octanol–water partition coefficient (Wildman–Crippen LogP) is 4.88. The van der Waals surface area contributed by atoms with E-state index in [1.807, 2.05) is 53.2 Å². The van der Waals surface area contributed by atoms with Crippen molar-refractivity contribution in [2.75, 3.05) is 5.32 Å². The highest BCUT2D eigenvalue weighted by Crippen LogP contribution is 2.22. The normalized spacial score (nSPS) is 10.8. The minimum absolute atomic E-state index is 0.188. The number of anilines is 1. The first kappa shape index (κ1) is 19.4. The van der Waals surface area contributed by atoms with Crippen LogP contribution in [0, 0.1) is 0 Å². The molecule has 0 saturated heterocycles. The first-order valence-corrected chi connectivity index (χ1v) is 10.1. The lowest BCUT2D eigenvalue weighted by Crippen LogP contribution is -2.16. The minimum Gasteiger partial charge on any atom is -0.322 e. The van der Waals surface area contributed by atoms with Crippen LogP contribution in [-0.4, -0.2) is 26.1 Å². The molecule has 2 heterocycles. The molecular formula is C26H18N4O2. The number of nitrogens with zero attached hydrogens (tertiary/aromatic N) is 3. The summed E-state index contributed by atoms with van der Waals surface area (Å²) in [5.74, 6) is 0.0984. The second-order valence-electron chi connectivity index (χ2n) is 7.23. The maximum atomic E-state index is 13.0. The zero-order valence-electron chi connectivity index (χ0n) is 17.0. The lowest BCUT2D eigenvalue weighted by Gasteiger charge is -2.10. The Morgan fingerprint density at radius 1 is 0.781 bits per heavy atom. The van der Waals surface area contributed by atoms with Crippen LogP contribution in [0.4, 0.5) is 5.69 Å². The van der Waals surface area contributed by atoms with Crippen LogP contribution in [0.1, 0.15) is 26.3 Å². The van der Waals surface area contributed by atoms with Crippen molar-refractivity contribution in [3.63, 3.8) is 0 Å². The summed E-state index contributed by atoms with van der Waals surface area (Å²) in [4.78, 5) is 34.6. The molecule has 5 aromatic rings. The molecule has 0 bridgehead atoms. The summed E-state index contributed by atoms with van der Waals surface area (Å²) in [6.45, 7) is 0. The summed E-state index contributed by atoms with van der Waals surface area (Å²) >= 11 is 0. The number of benzene rings is 3. The van der Waals surface area contributed by atoms with E-state index in [4.69, 9.17) is 0 Å². The number of amides is 1. The number of nitrogens with one attached hydrogen (secondary N) is 1. The number of ketones is 1. The third kappa shape index (κ3) is 3.77. The van der Waals surface area contributed by atoms with Crippen LogP contribution >= 0.6 is 0 Å². The van der Waals surface area contributed by atoms with Gasteiger partial charge in [0.05, 0.1) is 11.3 Å². The zero-order valence-corrected chi connectivity index (χ0v) is 17.0. The van der Waals surface area contributed by atoms with Crippen LogP contribution in [0.5, 0.6) is 0 Å². The van der Waals surface area contributed by atoms with Gasteiger partial charge >= 0.3 is 0 Å². The highest BCUT2D eigenvalue weighted by molar-refractivity contribution is 6.17. The fourth-order valence-corrected chi connectivity index (χ4v) is 3.52. The van der Waals surface area contributed by atoms with Gasteiger partial charge in [-0.25, -0.2) is 9.97 Å². The SMILES string of the molecule is O=C(Nc1ccc(-c2cn3cccnc3n2)cc1)c1ccccc1C(=O)c1ccccc1. The van der Waals surface area contributed by atoms with Gasteiger partial charge in [0.1, 0.15) is 0 Å². The first-order chi connectivity index (χ1) is 15.7. The minimum atomic E-state index is -0.338. The molecular weight excluding hydrogens is 400 g/mol. The molecule has 1 amide bonds. The summed E-state index contributed by atoms with van der Waals surface area (Å²) in [7, 11) is 0. The van der Waals surface area contributed by atoms with Gasteiger partial charge < -0.3 is 5.32 Å². The Morgan fingerprint density at radius 3 is 2.25 bits per heavy atom. The molecule has 32 heavy (non-hydrogen) atoms. The Morgan fingerprint density at radius 2 is 1.50 bits per heavy atom. The number of aromatic nitrogens is 3. The molecule has 3 aromatic carbocycles. The van der Waals surface area contributed by atoms with Gasteiger partial charge in [-0.05, 0) is 24.3 Å². The average molecular weight is 418 g/mol. The van der Waals surface area contributed by atoms with Crippen LogP contribution < -0.4 is 5.32 Å². The summed E-state index contributed by atoms with van der Waals surface area (Å²) in [5.41, 5.74) is 3.57. The number of carbonyl (C=O) groups is 2. The predicted molar refractivity (Wildman–Crippen MR) is 123 cm³/mol. The number of imidazole rings is 1. The molecule has 0 radical (unpaired) electrons. The smallest absolute Gasteiger partial charge is 0.256 e. The molecule has 0 aliphatic carbocycles. The van der Waals surface area contributed by atoms with Crippen LogP contribution in [0.3, 0.4) is 0 Å². The van der Waals surface area contributed by atoms with E-state index in [1.54, 1.807) is 54.7 Å². The van der Waals surface area contributed by atoms with E-state index in [9.17, 15) is 9.59 Å². The van der Waals surface area contributed by atoms with Crippen molar-refractivity contribution in [3.05, 3.63) is 120 Å². The Balaban J connectivity index is 1.37. The van der Waals surface area contributed by atoms with Crippen molar-refractivity contribution in [2.45, 2.75) is 0 Å². The van der Waals surface area contributed by atoms with E-state index in [2.05, 4.69) is 15.3 Å². The largest absolute Gasteiger partial charge is 0.322 e. The molecule has 5 rings (SSSR count). The number of rotatable bonds is 5. The quantitative estimate of drug-likeness (QED) is 0.413. The number of fused-ring (bicyclic) bond motifs is 1. The van der Waals surface area contributed by atoms with Gasteiger partial charge in [0, 0.05) is 41.0 Å². The molecule has 0 aliphatic rings. The van der Waals surface area contributed by atoms with Gasteiger partial charge in [-0.15, -0.1) is 0 Å².